The number of anilines is 1. The van der Waals surface area contributed by atoms with E-state index < -0.39 is 17.0 Å². The molecule has 1 N–H and O–H groups in total. The van der Waals surface area contributed by atoms with Gasteiger partial charge in [0.25, 0.3) is 0 Å². The van der Waals surface area contributed by atoms with E-state index in [4.69, 9.17) is 0 Å². The van der Waals surface area contributed by atoms with Crippen molar-refractivity contribution in [2.75, 3.05) is 5.32 Å². The van der Waals surface area contributed by atoms with Crippen LogP contribution in [0.4, 0.5) is 24.5 Å². The first-order chi connectivity index (χ1) is 16.7. The van der Waals surface area contributed by atoms with Crippen LogP contribution in [0, 0.1) is 3.57 Å². The molecule has 2 amide bonds. The first-order valence-corrected chi connectivity index (χ1v) is 12.5. The van der Waals surface area contributed by atoms with E-state index in [1.165, 1.54) is 17.0 Å². The Morgan fingerprint density at radius 2 is 1.66 bits per heavy atom. The second kappa shape index (κ2) is 10.8. The molecule has 10 heteroatoms. The van der Waals surface area contributed by atoms with Gasteiger partial charge in [-0.25, -0.2) is 4.99 Å². The van der Waals surface area contributed by atoms with Gasteiger partial charge in [-0.2, -0.15) is 13.2 Å². The number of halogens is 4. The highest BCUT2D eigenvalue weighted by Gasteiger charge is 2.39. The summed E-state index contributed by atoms with van der Waals surface area (Å²) in [6, 6.07) is 21.0. The van der Waals surface area contributed by atoms with Gasteiger partial charge in [0, 0.05) is 15.7 Å². The summed E-state index contributed by atoms with van der Waals surface area (Å²) < 4.78 is 39.7. The van der Waals surface area contributed by atoms with E-state index in [9.17, 15) is 22.8 Å². The molecule has 1 atom stereocenters. The second-order valence-electron chi connectivity index (χ2n) is 7.71. The zero-order valence-electron chi connectivity index (χ0n) is 18.1. The van der Waals surface area contributed by atoms with Crippen molar-refractivity contribution in [1.82, 2.24) is 4.90 Å². The molecule has 1 heterocycles. The largest absolute Gasteiger partial charge is 0.416 e. The van der Waals surface area contributed by atoms with E-state index in [1.54, 1.807) is 12.1 Å². The lowest BCUT2D eigenvalue weighted by Crippen LogP contribution is -2.33. The number of aliphatic imine (C=N–C) groups is 1. The number of hydrogen-bond acceptors (Lipinski definition) is 4. The number of nitrogens with one attached hydrogen (secondary N) is 1. The summed E-state index contributed by atoms with van der Waals surface area (Å²) >= 11 is 3.30. The van der Waals surface area contributed by atoms with Crippen molar-refractivity contribution in [3.63, 3.8) is 0 Å². The van der Waals surface area contributed by atoms with Crippen molar-refractivity contribution in [1.29, 1.82) is 0 Å². The molecular formula is C25H19F3IN3O2S. The number of carbonyl (C=O) groups excluding carboxylic acids is 2. The Balaban J connectivity index is 1.54. The van der Waals surface area contributed by atoms with Gasteiger partial charge in [-0.15, -0.1) is 0 Å². The first-order valence-electron chi connectivity index (χ1n) is 10.5. The van der Waals surface area contributed by atoms with Crippen LogP contribution < -0.4 is 5.32 Å². The molecule has 3 aromatic carbocycles. The molecule has 1 aliphatic rings. The maximum atomic E-state index is 13.2. The number of benzene rings is 3. The third-order valence-electron chi connectivity index (χ3n) is 5.12. The molecule has 0 radical (unpaired) electrons. The van der Waals surface area contributed by atoms with Crippen LogP contribution in [0.3, 0.4) is 0 Å². The number of hydrogen-bond donors (Lipinski definition) is 1. The van der Waals surface area contributed by atoms with Crippen molar-refractivity contribution in [2.24, 2.45) is 4.99 Å². The summed E-state index contributed by atoms with van der Waals surface area (Å²) in [5, 5.41) is 2.43. The van der Waals surface area contributed by atoms with Gasteiger partial charge in [0.2, 0.25) is 11.8 Å². The lowest BCUT2D eigenvalue weighted by molar-refractivity contribution is -0.137. The maximum absolute atomic E-state index is 13.2. The zero-order chi connectivity index (χ0) is 25.0. The van der Waals surface area contributed by atoms with E-state index >= 15 is 0 Å². The van der Waals surface area contributed by atoms with Crippen LogP contribution in [0.5, 0.6) is 0 Å². The fraction of sp³-hybridized carbons (Fsp3) is 0.160. The second-order valence-corrected chi connectivity index (χ2v) is 10.1. The standard InChI is InChI=1S/C25H19F3IN3O2S/c26-25(27,28)17-6-10-20(11-7-17)31-24-32(15-16-4-2-1-3-5-16)23(34)21(35-24)14-22(33)30-19-12-8-18(29)9-13-19/h1-13,21H,14-15H2,(H,30,33)/t21-/m1/s1. The molecule has 0 bridgehead atoms. The summed E-state index contributed by atoms with van der Waals surface area (Å²) in [6.07, 6.45) is -4.51. The highest BCUT2D eigenvalue weighted by molar-refractivity contribution is 14.1. The van der Waals surface area contributed by atoms with Gasteiger partial charge in [-0.3, -0.25) is 14.5 Å². The predicted octanol–water partition coefficient (Wildman–Crippen LogP) is 6.47. The van der Waals surface area contributed by atoms with Crippen LogP contribution in [-0.4, -0.2) is 27.1 Å². The number of amides is 2. The highest BCUT2D eigenvalue weighted by Crippen LogP contribution is 2.34. The number of rotatable bonds is 6. The fourth-order valence-corrected chi connectivity index (χ4v) is 4.90. The Bertz CT molecular complexity index is 1230. The van der Waals surface area contributed by atoms with Crippen LogP contribution in [0.15, 0.2) is 83.9 Å². The minimum atomic E-state index is -4.45. The molecular weight excluding hydrogens is 590 g/mol. The Morgan fingerprint density at radius 1 is 1.00 bits per heavy atom. The number of alkyl halides is 3. The van der Waals surface area contributed by atoms with Gasteiger partial charge in [-0.1, -0.05) is 42.1 Å². The molecule has 5 nitrogen and oxygen atoms in total. The lowest BCUT2D eigenvalue weighted by atomic mass is 10.2. The lowest BCUT2D eigenvalue weighted by Gasteiger charge is -2.16. The molecule has 0 saturated carbocycles. The topological polar surface area (TPSA) is 61.8 Å². The fourth-order valence-electron chi connectivity index (χ4n) is 3.39. The van der Waals surface area contributed by atoms with Crippen LogP contribution in [0.25, 0.3) is 0 Å². The average molecular weight is 609 g/mol. The quantitative estimate of drug-likeness (QED) is 0.326. The molecule has 0 aliphatic carbocycles. The summed E-state index contributed by atoms with van der Waals surface area (Å²) in [7, 11) is 0. The van der Waals surface area contributed by atoms with Crippen molar-refractivity contribution in [2.45, 2.75) is 24.4 Å². The number of thioether (sulfide) groups is 1. The third kappa shape index (κ3) is 6.63. The molecule has 0 spiro atoms. The van der Waals surface area contributed by atoms with Crippen molar-refractivity contribution >= 4 is 62.7 Å². The molecule has 1 saturated heterocycles. The average Bonchev–Trinajstić information content (AvgIpc) is 3.09. The van der Waals surface area contributed by atoms with Crippen LogP contribution in [0.1, 0.15) is 17.5 Å². The highest BCUT2D eigenvalue weighted by atomic mass is 127. The van der Waals surface area contributed by atoms with Crippen LogP contribution in [-0.2, 0) is 22.3 Å². The van der Waals surface area contributed by atoms with Crippen LogP contribution >= 0.6 is 34.4 Å². The van der Waals surface area contributed by atoms with Gasteiger partial charge in [-0.05, 0) is 76.7 Å². The third-order valence-corrected chi connectivity index (χ3v) is 7.02. The Kier molecular flexibility index (Phi) is 7.80. The predicted molar refractivity (Wildman–Crippen MR) is 139 cm³/mol. The van der Waals surface area contributed by atoms with Gasteiger partial charge >= 0.3 is 6.18 Å². The molecule has 1 fully saturated rings. The van der Waals surface area contributed by atoms with Crippen LogP contribution in [0.2, 0.25) is 0 Å². The van der Waals surface area contributed by atoms with Crippen molar-refractivity contribution in [3.05, 3.63) is 93.6 Å². The van der Waals surface area contributed by atoms with Gasteiger partial charge < -0.3 is 5.32 Å². The molecule has 3 aromatic rings. The minimum absolute atomic E-state index is 0.0627. The van der Waals surface area contributed by atoms with Gasteiger partial charge in [0.05, 0.1) is 17.8 Å². The summed E-state index contributed by atoms with van der Waals surface area (Å²) in [4.78, 5) is 31.8. The normalized spacial score (nSPS) is 17.1. The van der Waals surface area contributed by atoms with Crippen molar-refractivity contribution in [3.8, 4) is 0 Å². The van der Waals surface area contributed by atoms with E-state index in [1.807, 2.05) is 42.5 Å². The molecule has 35 heavy (non-hydrogen) atoms. The van der Waals surface area contributed by atoms with Gasteiger partial charge in [0.15, 0.2) is 5.17 Å². The number of amidine groups is 1. The van der Waals surface area contributed by atoms with E-state index in [0.717, 1.165) is 33.0 Å². The van der Waals surface area contributed by atoms with Crippen molar-refractivity contribution < 1.29 is 22.8 Å². The smallest absolute Gasteiger partial charge is 0.326 e. The zero-order valence-corrected chi connectivity index (χ0v) is 21.1. The first kappa shape index (κ1) is 25.2. The maximum Gasteiger partial charge on any atom is 0.416 e. The Labute approximate surface area is 218 Å². The molecule has 180 valence electrons. The van der Waals surface area contributed by atoms with E-state index in [0.29, 0.717) is 10.9 Å². The van der Waals surface area contributed by atoms with E-state index in [2.05, 4.69) is 32.9 Å². The molecule has 0 aromatic heterocycles. The Hall–Kier alpha value is -2.86. The Morgan fingerprint density at radius 3 is 2.29 bits per heavy atom. The number of carbonyl (C=O) groups is 2. The summed E-state index contributed by atoms with van der Waals surface area (Å²) in [5.74, 6) is -0.588. The summed E-state index contributed by atoms with van der Waals surface area (Å²) in [5.41, 5.74) is 1.01. The van der Waals surface area contributed by atoms with E-state index in [-0.39, 0.29) is 30.5 Å². The summed E-state index contributed by atoms with van der Waals surface area (Å²) in [6.45, 7) is 0.237. The van der Waals surface area contributed by atoms with Gasteiger partial charge in [0.1, 0.15) is 5.25 Å². The minimum Gasteiger partial charge on any atom is -0.326 e. The molecule has 0 unspecified atom stereocenters. The number of nitrogens with zero attached hydrogens (tertiary/aromatic N) is 2. The SMILES string of the molecule is O=C(C[C@H]1SC(=Nc2ccc(C(F)(F)F)cc2)N(Cc2ccccc2)C1=O)Nc1ccc(I)cc1. The molecule has 4 rings (SSSR count). The monoisotopic (exact) mass is 609 g/mol. The molecule has 1 aliphatic heterocycles.